The number of hydrogen-bond acceptors (Lipinski definition) is 2. The standard InChI is InChI=1S/C14H12BrFO2/c15-10-3-6-13(16)12(8-10)14(18)7-9-1-4-11(17)5-2-9/h1-6,8,14,17-18H,7H2. The van der Waals surface area contributed by atoms with E-state index in [1.165, 1.54) is 6.07 Å². The van der Waals surface area contributed by atoms with E-state index in [0.29, 0.717) is 6.42 Å². The number of rotatable bonds is 3. The Balaban J connectivity index is 2.18. The van der Waals surface area contributed by atoms with E-state index in [9.17, 15) is 9.50 Å². The van der Waals surface area contributed by atoms with Crippen LogP contribution in [0.25, 0.3) is 0 Å². The van der Waals surface area contributed by atoms with Crippen LogP contribution in [0.4, 0.5) is 4.39 Å². The lowest BCUT2D eigenvalue weighted by Crippen LogP contribution is -2.04. The molecule has 2 N–H and O–H groups in total. The van der Waals surface area contributed by atoms with Crippen LogP contribution < -0.4 is 0 Å². The molecule has 0 saturated carbocycles. The van der Waals surface area contributed by atoms with Crippen molar-refractivity contribution in [3.8, 4) is 5.75 Å². The number of phenols is 1. The molecule has 0 radical (unpaired) electrons. The lowest BCUT2D eigenvalue weighted by molar-refractivity contribution is 0.173. The van der Waals surface area contributed by atoms with Gasteiger partial charge in [-0.2, -0.15) is 0 Å². The molecule has 0 spiro atoms. The largest absolute Gasteiger partial charge is 0.508 e. The maximum atomic E-state index is 13.6. The summed E-state index contributed by atoms with van der Waals surface area (Å²) in [4.78, 5) is 0. The van der Waals surface area contributed by atoms with Crippen molar-refractivity contribution >= 4 is 15.9 Å². The molecular formula is C14H12BrFO2. The van der Waals surface area contributed by atoms with E-state index in [-0.39, 0.29) is 11.3 Å². The molecule has 0 heterocycles. The highest BCUT2D eigenvalue weighted by Gasteiger charge is 2.13. The average Bonchev–Trinajstić information content (AvgIpc) is 2.35. The average molecular weight is 311 g/mol. The first-order chi connectivity index (χ1) is 8.56. The third kappa shape index (κ3) is 3.09. The van der Waals surface area contributed by atoms with Crippen molar-refractivity contribution < 1.29 is 14.6 Å². The van der Waals surface area contributed by atoms with E-state index < -0.39 is 11.9 Å². The summed E-state index contributed by atoms with van der Waals surface area (Å²) >= 11 is 3.25. The van der Waals surface area contributed by atoms with Gasteiger partial charge in [-0.05, 0) is 35.9 Å². The van der Waals surface area contributed by atoms with Crippen molar-refractivity contribution in [3.05, 3.63) is 63.9 Å². The maximum absolute atomic E-state index is 13.6. The Kier molecular flexibility index (Phi) is 3.99. The van der Waals surface area contributed by atoms with Crippen LogP contribution in [0.15, 0.2) is 46.9 Å². The van der Waals surface area contributed by atoms with Gasteiger partial charge >= 0.3 is 0 Å². The highest BCUT2D eigenvalue weighted by Crippen LogP contribution is 2.25. The van der Waals surface area contributed by atoms with Gasteiger partial charge in [0.15, 0.2) is 0 Å². The number of benzene rings is 2. The van der Waals surface area contributed by atoms with E-state index in [4.69, 9.17) is 5.11 Å². The SMILES string of the molecule is Oc1ccc(CC(O)c2cc(Br)ccc2F)cc1. The van der Waals surface area contributed by atoms with Crippen LogP contribution in [0.3, 0.4) is 0 Å². The Bertz CT molecular complexity index is 540. The molecule has 0 aliphatic rings. The van der Waals surface area contributed by atoms with Gasteiger partial charge in [-0.3, -0.25) is 0 Å². The van der Waals surface area contributed by atoms with E-state index in [2.05, 4.69) is 15.9 Å². The minimum atomic E-state index is -0.910. The minimum absolute atomic E-state index is 0.168. The number of halogens is 2. The number of aliphatic hydroxyl groups is 1. The lowest BCUT2D eigenvalue weighted by atomic mass is 10.0. The van der Waals surface area contributed by atoms with E-state index in [1.54, 1.807) is 36.4 Å². The predicted octanol–water partition coefficient (Wildman–Crippen LogP) is 3.57. The zero-order chi connectivity index (χ0) is 13.1. The summed E-state index contributed by atoms with van der Waals surface area (Å²) in [5.41, 5.74) is 1.09. The third-order valence-electron chi connectivity index (χ3n) is 2.68. The molecule has 94 valence electrons. The minimum Gasteiger partial charge on any atom is -0.508 e. The van der Waals surface area contributed by atoms with Gasteiger partial charge in [-0.1, -0.05) is 28.1 Å². The molecule has 2 aromatic carbocycles. The molecule has 2 rings (SSSR count). The molecule has 2 aromatic rings. The summed E-state index contributed by atoms with van der Waals surface area (Å²) in [5, 5.41) is 19.2. The van der Waals surface area contributed by atoms with Crippen LogP contribution in [0.5, 0.6) is 5.75 Å². The van der Waals surface area contributed by atoms with Gasteiger partial charge in [-0.25, -0.2) is 4.39 Å². The van der Waals surface area contributed by atoms with Crippen molar-refractivity contribution in [1.82, 2.24) is 0 Å². The zero-order valence-corrected chi connectivity index (χ0v) is 11.1. The number of hydrogen-bond donors (Lipinski definition) is 2. The number of aliphatic hydroxyl groups excluding tert-OH is 1. The summed E-state index contributed by atoms with van der Waals surface area (Å²) in [6.07, 6.45) is -0.611. The van der Waals surface area contributed by atoms with Gasteiger partial charge in [-0.15, -0.1) is 0 Å². The van der Waals surface area contributed by atoms with Crippen LogP contribution in [0.2, 0.25) is 0 Å². The Morgan fingerprint density at radius 2 is 1.78 bits per heavy atom. The molecule has 1 atom stereocenters. The van der Waals surface area contributed by atoms with Crippen LogP contribution >= 0.6 is 15.9 Å². The summed E-state index contributed by atoms with van der Waals surface area (Å²) in [7, 11) is 0. The third-order valence-corrected chi connectivity index (χ3v) is 3.18. The second-order valence-corrected chi connectivity index (χ2v) is 4.97. The van der Waals surface area contributed by atoms with Crippen molar-refractivity contribution in [2.75, 3.05) is 0 Å². The molecule has 18 heavy (non-hydrogen) atoms. The summed E-state index contributed by atoms with van der Waals surface area (Å²) in [6.45, 7) is 0. The molecule has 0 bridgehead atoms. The smallest absolute Gasteiger partial charge is 0.129 e. The normalized spacial score (nSPS) is 12.4. The molecule has 0 aliphatic heterocycles. The van der Waals surface area contributed by atoms with Crippen LogP contribution in [-0.4, -0.2) is 10.2 Å². The van der Waals surface area contributed by atoms with E-state index in [1.807, 2.05) is 0 Å². The fraction of sp³-hybridized carbons (Fsp3) is 0.143. The number of aromatic hydroxyl groups is 1. The Morgan fingerprint density at radius 1 is 1.11 bits per heavy atom. The van der Waals surface area contributed by atoms with Crippen molar-refractivity contribution in [1.29, 1.82) is 0 Å². The summed E-state index contributed by atoms with van der Waals surface area (Å²) < 4.78 is 14.3. The highest BCUT2D eigenvalue weighted by atomic mass is 79.9. The van der Waals surface area contributed by atoms with Crippen molar-refractivity contribution in [3.63, 3.8) is 0 Å². The maximum Gasteiger partial charge on any atom is 0.129 e. The molecule has 0 amide bonds. The van der Waals surface area contributed by atoms with Crippen LogP contribution in [0.1, 0.15) is 17.2 Å². The van der Waals surface area contributed by atoms with Gasteiger partial charge in [0.2, 0.25) is 0 Å². The van der Waals surface area contributed by atoms with Gasteiger partial charge in [0.25, 0.3) is 0 Å². The molecule has 0 saturated heterocycles. The van der Waals surface area contributed by atoms with Crippen molar-refractivity contribution in [2.24, 2.45) is 0 Å². The second kappa shape index (κ2) is 5.50. The van der Waals surface area contributed by atoms with E-state index >= 15 is 0 Å². The Labute approximate surface area is 113 Å². The topological polar surface area (TPSA) is 40.5 Å². The lowest BCUT2D eigenvalue weighted by Gasteiger charge is -2.12. The molecular weight excluding hydrogens is 299 g/mol. The predicted molar refractivity (Wildman–Crippen MR) is 70.9 cm³/mol. The van der Waals surface area contributed by atoms with Gasteiger partial charge in [0.05, 0.1) is 6.10 Å². The fourth-order valence-electron chi connectivity index (χ4n) is 1.74. The second-order valence-electron chi connectivity index (χ2n) is 4.05. The highest BCUT2D eigenvalue weighted by molar-refractivity contribution is 9.10. The Hall–Kier alpha value is -1.39. The van der Waals surface area contributed by atoms with Crippen LogP contribution in [0, 0.1) is 5.82 Å². The van der Waals surface area contributed by atoms with Gasteiger partial charge < -0.3 is 10.2 Å². The molecule has 1 unspecified atom stereocenters. The fourth-order valence-corrected chi connectivity index (χ4v) is 2.11. The first-order valence-corrected chi connectivity index (χ1v) is 6.26. The van der Waals surface area contributed by atoms with Crippen molar-refractivity contribution in [2.45, 2.75) is 12.5 Å². The van der Waals surface area contributed by atoms with Crippen LogP contribution in [-0.2, 0) is 6.42 Å². The Morgan fingerprint density at radius 3 is 2.44 bits per heavy atom. The molecule has 0 aliphatic carbocycles. The zero-order valence-electron chi connectivity index (χ0n) is 9.48. The summed E-state index contributed by atoms with van der Waals surface area (Å²) in [5.74, 6) is -0.258. The van der Waals surface area contributed by atoms with E-state index in [0.717, 1.165) is 10.0 Å². The molecule has 0 fully saturated rings. The molecule has 0 aromatic heterocycles. The molecule has 4 heteroatoms. The first kappa shape index (κ1) is 13.1. The molecule has 2 nitrogen and oxygen atoms in total. The van der Waals surface area contributed by atoms with Gasteiger partial charge in [0, 0.05) is 16.5 Å². The summed E-state index contributed by atoms with van der Waals surface area (Å²) in [6, 6.07) is 11.0. The monoisotopic (exact) mass is 310 g/mol. The van der Waals surface area contributed by atoms with Gasteiger partial charge in [0.1, 0.15) is 11.6 Å². The first-order valence-electron chi connectivity index (χ1n) is 5.47. The number of phenolic OH excluding ortho intramolecular Hbond substituents is 1. The quantitative estimate of drug-likeness (QED) is 0.910.